The van der Waals surface area contributed by atoms with Gasteiger partial charge < -0.3 is 5.32 Å². The first-order chi connectivity index (χ1) is 11.9. The number of aromatic nitrogens is 3. The van der Waals surface area contributed by atoms with Crippen LogP contribution < -0.4 is 5.32 Å². The molecule has 1 N–H and O–H groups in total. The van der Waals surface area contributed by atoms with E-state index < -0.39 is 17.5 Å². The predicted molar refractivity (Wildman–Crippen MR) is 93.7 cm³/mol. The van der Waals surface area contributed by atoms with Crippen LogP contribution in [0, 0.1) is 18.6 Å². The number of hydrogen-bond acceptors (Lipinski definition) is 5. The molecule has 5 nitrogen and oxygen atoms in total. The number of amides is 1. The number of carbonyl (C=O) groups excluding carboxylic acids is 1. The Hall–Kier alpha value is -2.26. The molecule has 0 aliphatic heterocycles. The number of benzene rings is 1. The van der Waals surface area contributed by atoms with Crippen LogP contribution in [0.5, 0.6) is 0 Å². The Kier molecular flexibility index (Phi) is 5.14. The van der Waals surface area contributed by atoms with Crippen molar-refractivity contribution in [2.45, 2.75) is 13.3 Å². The maximum absolute atomic E-state index is 13.3. The van der Waals surface area contributed by atoms with Gasteiger partial charge in [0.15, 0.2) is 11.6 Å². The molecule has 25 heavy (non-hydrogen) atoms. The Labute approximate surface area is 154 Å². The van der Waals surface area contributed by atoms with Gasteiger partial charge in [-0.3, -0.25) is 9.78 Å². The molecule has 0 saturated carbocycles. The van der Waals surface area contributed by atoms with Crippen LogP contribution in [0.1, 0.15) is 26.6 Å². The molecular weight excluding hydrogens is 414 g/mol. The van der Waals surface area contributed by atoms with Crippen molar-refractivity contribution in [3.63, 3.8) is 0 Å². The molecule has 0 unspecified atom stereocenters. The quantitative estimate of drug-likeness (QED) is 0.683. The van der Waals surface area contributed by atoms with Crippen LogP contribution in [0.3, 0.4) is 0 Å². The standard InChI is InChI=1S/C16H11BrF2N4OS/c1-8-15(16(24)22-9-2-3-11(18)12(19)4-9)13(25-23-8)5-10-6-21-14(17)7-20-10/h2-4,6-7H,5H2,1H3,(H,22,24). The van der Waals surface area contributed by atoms with Gasteiger partial charge in [-0.15, -0.1) is 0 Å². The second-order valence-corrected chi connectivity index (χ2v) is 6.83. The van der Waals surface area contributed by atoms with Gasteiger partial charge in [0.25, 0.3) is 5.91 Å². The third kappa shape index (κ3) is 4.05. The minimum Gasteiger partial charge on any atom is -0.322 e. The summed E-state index contributed by atoms with van der Waals surface area (Å²) < 4.78 is 31.1. The first-order valence-corrected chi connectivity index (χ1v) is 8.68. The fraction of sp³-hybridized carbons (Fsp3) is 0.125. The van der Waals surface area contributed by atoms with E-state index in [1.807, 2.05) is 0 Å². The van der Waals surface area contributed by atoms with E-state index in [-0.39, 0.29) is 5.69 Å². The SMILES string of the molecule is Cc1nsc(Cc2cnc(Br)cn2)c1C(=O)Nc1ccc(F)c(F)c1. The van der Waals surface area contributed by atoms with Gasteiger partial charge >= 0.3 is 0 Å². The van der Waals surface area contributed by atoms with Gasteiger partial charge in [-0.1, -0.05) is 0 Å². The number of aryl methyl sites for hydroxylation is 1. The number of nitrogens with one attached hydrogen (secondary N) is 1. The van der Waals surface area contributed by atoms with Crippen molar-refractivity contribution in [3.8, 4) is 0 Å². The molecular formula is C16H11BrF2N4OS. The predicted octanol–water partition coefficient (Wildman–Crippen LogP) is 4.13. The Morgan fingerprint density at radius 1 is 1.24 bits per heavy atom. The van der Waals surface area contributed by atoms with Crippen LogP contribution in [0.2, 0.25) is 0 Å². The number of halogens is 3. The van der Waals surface area contributed by atoms with Crippen LogP contribution >= 0.6 is 27.5 Å². The summed E-state index contributed by atoms with van der Waals surface area (Å²) in [7, 11) is 0. The van der Waals surface area contributed by atoms with Crippen molar-refractivity contribution < 1.29 is 13.6 Å². The van der Waals surface area contributed by atoms with Gasteiger partial charge in [0.05, 0.1) is 29.3 Å². The molecule has 1 amide bonds. The Morgan fingerprint density at radius 3 is 2.72 bits per heavy atom. The van der Waals surface area contributed by atoms with Crippen LogP contribution in [-0.2, 0) is 6.42 Å². The number of anilines is 1. The van der Waals surface area contributed by atoms with Gasteiger partial charge in [0.2, 0.25) is 0 Å². The fourth-order valence-corrected chi connectivity index (χ4v) is 3.28. The molecule has 2 aromatic heterocycles. The molecule has 0 bridgehead atoms. The Balaban J connectivity index is 1.83. The lowest BCUT2D eigenvalue weighted by Crippen LogP contribution is -2.14. The molecule has 0 spiro atoms. The molecule has 0 saturated heterocycles. The number of nitrogens with zero attached hydrogens (tertiary/aromatic N) is 3. The molecule has 3 aromatic rings. The minimum absolute atomic E-state index is 0.170. The summed E-state index contributed by atoms with van der Waals surface area (Å²) in [5.41, 5.74) is 1.82. The second kappa shape index (κ2) is 7.32. The van der Waals surface area contributed by atoms with Crippen molar-refractivity contribution in [3.05, 3.63) is 68.7 Å². The lowest BCUT2D eigenvalue weighted by atomic mass is 10.1. The summed E-state index contributed by atoms with van der Waals surface area (Å²) in [6, 6.07) is 3.19. The topological polar surface area (TPSA) is 67.8 Å². The molecule has 9 heteroatoms. The maximum atomic E-state index is 13.3. The minimum atomic E-state index is -1.02. The molecule has 0 fully saturated rings. The highest BCUT2D eigenvalue weighted by Gasteiger charge is 2.19. The average molecular weight is 425 g/mol. The lowest BCUT2D eigenvalue weighted by molar-refractivity contribution is 0.102. The summed E-state index contributed by atoms with van der Waals surface area (Å²) in [6.45, 7) is 1.72. The highest BCUT2D eigenvalue weighted by atomic mass is 79.9. The molecule has 1 aromatic carbocycles. The van der Waals surface area contributed by atoms with Gasteiger partial charge in [0, 0.05) is 23.1 Å². The molecule has 0 atom stereocenters. The molecule has 0 aliphatic carbocycles. The van der Waals surface area contributed by atoms with E-state index in [0.717, 1.165) is 12.1 Å². The van der Waals surface area contributed by atoms with Crippen molar-refractivity contribution in [1.29, 1.82) is 0 Å². The normalized spacial score (nSPS) is 10.7. The van der Waals surface area contributed by atoms with Gasteiger partial charge in [-0.05, 0) is 46.5 Å². The molecule has 2 heterocycles. The van der Waals surface area contributed by atoms with E-state index in [1.165, 1.54) is 17.6 Å². The van der Waals surface area contributed by atoms with E-state index in [2.05, 4.69) is 35.6 Å². The zero-order valence-electron chi connectivity index (χ0n) is 12.9. The van der Waals surface area contributed by atoms with E-state index in [9.17, 15) is 13.6 Å². The third-order valence-corrected chi connectivity index (χ3v) is 4.70. The Bertz CT molecular complexity index is 930. The van der Waals surface area contributed by atoms with Gasteiger partial charge in [-0.2, -0.15) is 4.37 Å². The smallest absolute Gasteiger partial charge is 0.258 e. The van der Waals surface area contributed by atoms with E-state index >= 15 is 0 Å². The molecule has 0 radical (unpaired) electrons. The van der Waals surface area contributed by atoms with Crippen molar-refractivity contribution in [2.75, 3.05) is 5.32 Å². The summed E-state index contributed by atoms with van der Waals surface area (Å²) >= 11 is 4.41. The van der Waals surface area contributed by atoms with Crippen LogP contribution in [0.15, 0.2) is 35.2 Å². The third-order valence-electron chi connectivity index (χ3n) is 3.35. The zero-order chi connectivity index (χ0) is 18.0. The summed E-state index contributed by atoms with van der Waals surface area (Å²) in [6.07, 6.45) is 3.58. The van der Waals surface area contributed by atoms with E-state index in [1.54, 1.807) is 19.3 Å². The van der Waals surface area contributed by atoms with E-state index in [0.29, 0.717) is 32.9 Å². The van der Waals surface area contributed by atoms with Gasteiger partial charge in [0.1, 0.15) is 4.60 Å². The first kappa shape index (κ1) is 17.6. The highest BCUT2D eigenvalue weighted by Crippen LogP contribution is 2.23. The van der Waals surface area contributed by atoms with Crippen molar-refractivity contribution >= 4 is 39.1 Å². The summed E-state index contributed by atoms with van der Waals surface area (Å²) in [5, 5.41) is 2.57. The molecule has 128 valence electrons. The monoisotopic (exact) mass is 424 g/mol. The fourth-order valence-electron chi connectivity index (χ4n) is 2.19. The summed E-state index contributed by atoms with van der Waals surface area (Å²) in [5.74, 6) is -2.43. The molecule has 0 aliphatic rings. The highest BCUT2D eigenvalue weighted by molar-refractivity contribution is 9.10. The second-order valence-electron chi connectivity index (χ2n) is 5.16. The first-order valence-electron chi connectivity index (χ1n) is 7.12. The van der Waals surface area contributed by atoms with Crippen molar-refractivity contribution in [2.24, 2.45) is 0 Å². The number of carbonyl (C=O) groups is 1. The number of rotatable bonds is 4. The zero-order valence-corrected chi connectivity index (χ0v) is 15.3. The van der Waals surface area contributed by atoms with E-state index in [4.69, 9.17) is 0 Å². The summed E-state index contributed by atoms with van der Waals surface area (Å²) in [4.78, 5) is 21.6. The number of hydrogen-bond donors (Lipinski definition) is 1. The van der Waals surface area contributed by atoms with Crippen LogP contribution in [-0.4, -0.2) is 20.2 Å². The molecule has 3 rings (SSSR count). The van der Waals surface area contributed by atoms with Gasteiger partial charge in [-0.25, -0.2) is 13.8 Å². The largest absolute Gasteiger partial charge is 0.322 e. The van der Waals surface area contributed by atoms with Crippen LogP contribution in [0.25, 0.3) is 0 Å². The average Bonchev–Trinajstić information content (AvgIpc) is 2.94. The Morgan fingerprint density at radius 2 is 2.04 bits per heavy atom. The maximum Gasteiger partial charge on any atom is 0.258 e. The van der Waals surface area contributed by atoms with Crippen molar-refractivity contribution in [1.82, 2.24) is 14.3 Å². The lowest BCUT2D eigenvalue weighted by Gasteiger charge is -2.07. The van der Waals surface area contributed by atoms with Crippen LogP contribution in [0.4, 0.5) is 14.5 Å².